The summed E-state index contributed by atoms with van der Waals surface area (Å²) >= 11 is 6.48. The molecule has 88 valence electrons. The van der Waals surface area contributed by atoms with Crippen LogP contribution in [0.4, 0.5) is 0 Å². The van der Waals surface area contributed by atoms with Gasteiger partial charge in [0.2, 0.25) is 0 Å². The molecule has 5 heteroatoms. The van der Waals surface area contributed by atoms with Crippen LogP contribution in [-0.4, -0.2) is 9.97 Å². The number of hydrogen-bond donors (Lipinski definition) is 1. The normalized spacial score (nSPS) is 10.2. The Hall–Kier alpha value is -1.46. The predicted molar refractivity (Wildman–Crippen MR) is 73.5 cm³/mol. The van der Waals surface area contributed by atoms with E-state index in [-0.39, 0.29) is 0 Å². The Labute approximate surface area is 109 Å². The standard InChI is InChI=1S/C12H12N2OS2/c1-8-7-17-11(14-8)6-15-10-4-2-9(3-5-10)12(13)16/h2-5,7H,6H2,1H3,(H2,13,16). The molecule has 0 saturated carbocycles. The van der Waals surface area contributed by atoms with Crippen LogP contribution >= 0.6 is 23.6 Å². The van der Waals surface area contributed by atoms with E-state index in [1.54, 1.807) is 11.3 Å². The number of thiocarbonyl (C=S) groups is 1. The summed E-state index contributed by atoms with van der Waals surface area (Å²) in [5, 5.41) is 2.98. The molecule has 0 atom stereocenters. The van der Waals surface area contributed by atoms with Crippen LogP contribution in [0.25, 0.3) is 0 Å². The van der Waals surface area contributed by atoms with Gasteiger partial charge >= 0.3 is 0 Å². The van der Waals surface area contributed by atoms with Crippen molar-refractivity contribution in [2.75, 3.05) is 0 Å². The minimum atomic E-state index is 0.395. The van der Waals surface area contributed by atoms with E-state index in [2.05, 4.69) is 4.98 Å². The van der Waals surface area contributed by atoms with Gasteiger partial charge in [0.25, 0.3) is 0 Å². The molecule has 0 fully saturated rings. The highest BCUT2D eigenvalue weighted by Crippen LogP contribution is 2.16. The van der Waals surface area contributed by atoms with Crippen LogP contribution in [0.15, 0.2) is 29.6 Å². The number of nitrogens with zero attached hydrogens (tertiary/aromatic N) is 1. The smallest absolute Gasteiger partial charge is 0.140 e. The molecule has 2 N–H and O–H groups in total. The third-order valence-electron chi connectivity index (χ3n) is 2.17. The first-order valence-electron chi connectivity index (χ1n) is 5.09. The largest absolute Gasteiger partial charge is 0.486 e. The van der Waals surface area contributed by atoms with Crippen LogP contribution in [0, 0.1) is 6.92 Å². The molecule has 0 spiro atoms. The Morgan fingerprint density at radius 1 is 1.41 bits per heavy atom. The highest BCUT2D eigenvalue weighted by molar-refractivity contribution is 7.80. The molecule has 0 aliphatic heterocycles. The highest BCUT2D eigenvalue weighted by atomic mass is 32.1. The van der Waals surface area contributed by atoms with Gasteiger partial charge in [-0.05, 0) is 31.2 Å². The number of nitrogens with two attached hydrogens (primary N) is 1. The van der Waals surface area contributed by atoms with Crippen molar-refractivity contribution in [1.82, 2.24) is 4.98 Å². The Kier molecular flexibility index (Phi) is 3.71. The maximum Gasteiger partial charge on any atom is 0.140 e. The van der Waals surface area contributed by atoms with Crippen LogP contribution in [0.3, 0.4) is 0 Å². The molecule has 17 heavy (non-hydrogen) atoms. The number of aromatic nitrogens is 1. The molecule has 0 saturated heterocycles. The maximum absolute atomic E-state index is 5.60. The fourth-order valence-corrected chi connectivity index (χ4v) is 2.15. The van der Waals surface area contributed by atoms with Crippen molar-refractivity contribution < 1.29 is 4.74 Å². The van der Waals surface area contributed by atoms with Gasteiger partial charge in [-0.3, -0.25) is 0 Å². The number of ether oxygens (including phenoxy) is 1. The number of benzene rings is 1. The molecular weight excluding hydrogens is 252 g/mol. The average molecular weight is 264 g/mol. The molecule has 1 aromatic heterocycles. The van der Waals surface area contributed by atoms with E-state index in [9.17, 15) is 0 Å². The third kappa shape index (κ3) is 3.25. The van der Waals surface area contributed by atoms with Crippen molar-refractivity contribution in [3.8, 4) is 5.75 Å². The zero-order valence-corrected chi connectivity index (χ0v) is 11.0. The Morgan fingerprint density at radius 2 is 2.12 bits per heavy atom. The van der Waals surface area contributed by atoms with Crippen molar-refractivity contribution in [2.45, 2.75) is 13.5 Å². The van der Waals surface area contributed by atoms with Crippen molar-refractivity contribution in [2.24, 2.45) is 5.73 Å². The second-order valence-electron chi connectivity index (χ2n) is 3.56. The molecule has 2 rings (SSSR count). The molecule has 1 aromatic carbocycles. The van der Waals surface area contributed by atoms with Gasteiger partial charge in [-0.15, -0.1) is 11.3 Å². The monoisotopic (exact) mass is 264 g/mol. The fourth-order valence-electron chi connectivity index (χ4n) is 1.33. The molecule has 0 amide bonds. The zero-order chi connectivity index (χ0) is 12.3. The van der Waals surface area contributed by atoms with Crippen molar-refractivity contribution in [1.29, 1.82) is 0 Å². The lowest BCUT2D eigenvalue weighted by molar-refractivity contribution is 0.305. The van der Waals surface area contributed by atoms with Crippen LogP contribution in [0.5, 0.6) is 5.75 Å². The van der Waals surface area contributed by atoms with Gasteiger partial charge in [-0.2, -0.15) is 0 Å². The number of thiazole rings is 1. The van der Waals surface area contributed by atoms with Crippen LogP contribution in [-0.2, 0) is 6.61 Å². The van der Waals surface area contributed by atoms with Gasteiger partial charge in [-0.1, -0.05) is 12.2 Å². The average Bonchev–Trinajstić information content (AvgIpc) is 2.73. The summed E-state index contributed by atoms with van der Waals surface area (Å²) in [6.45, 7) is 2.46. The Bertz CT molecular complexity index is 520. The molecule has 0 unspecified atom stereocenters. The van der Waals surface area contributed by atoms with Gasteiger partial charge in [-0.25, -0.2) is 4.98 Å². The SMILES string of the molecule is Cc1csc(COc2ccc(C(N)=S)cc2)n1. The van der Waals surface area contributed by atoms with Gasteiger partial charge in [0.1, 0.15) is 22.4 Å². The van der Waals surface area contributed by atoms with E-state index in [1.165, 1.54) is 0 Å². The van der Waals surface area contributed by atoms with Gasteiger partial charge in [0, 0.05) is 16.6 Å². The Balaban J connectivity index is 1.97. The first kappa shape index (κ1) is 12.0. The van der Waals surface area contributed by atoms with Crippen LogP contribution in [0.2, 0.25) is 0 Å². The minimum absolute atomic E-state index is 0.395. The lowest BCUT2D eigenvalue weighted by atomic mass is 10.2. The van der Waals surface area contributed by atoms with Crippen LogP contribution in [0.1, 0.15) is 16.3 Å². The van der Waals surface area contributed by atoms with E-state index in [4.69, 9.17) is 22.7 Å². The Morgan fingerprint density at radius 3 is 2.65 bits per heavy atom. The summed E-state index contributed by atoms with van der Waals surface area (Å²) in [7, 11) is 0. The maximum atomic E-state index is 5.60. The second kappa shape index (κ2) is 5.25. The predicted octanol–water partition coefficient (Wildman–Crippen LogP) is 2.66. The molecule has 0 aliphatic carbocycles. The fraction of sp³-hybridized carbons (Fsp3) is 0.167. The summed E-state index contributed by atoms with van der Waals surface area (Å²) in [5.41, 5.74) is 7.38. The molecule has 0 aliphatic rings. The molecular formula is C12H12N2OS2. The minimum Gasteiger partial charge on any atom is -0.486 e. The van der Waals surface area contributed by atoms with E-state index in [1.807, 2.05) is 36.6 Å². The molecule has 2 aromatic rings. The quantitative estimate of drug-likeness (QED) is 0.863. The summed E-state index contributed by atoms with van der Waals surface area (Å²) in [4.78, 5) is 4.72. The highest BCUT2D eigenvalue weighted by Gasteiger charge is 2.01. The first-order chi connectivity index (χ1) is 8.15. The van der Waals surface area contributed by atoms with E-state index < -0.39 is 0 Å². The van der Waals surface area contributed by atoms with Gasteiger partial charge < -0.3 is 10.5 Å². The van der Waals surface area contributed by atoms with Gasteiger partial charge in [0.15, 0.2) is 0 Å². The number of hydrogen-bond acceptors (Lipinski definition) is 4. The molecule has 1 heterocycles. The molecule has 0 bridgehead atoms. The lowest BCUT2D eigenvalue weighted by Gasteiger charge is -2.04. The van der Waals surface area contributed by atoms with Gasteiger partial charge in [0.05, 0.1) is 0 Å². The molecule has 3 nitrogen and oxygen atoms in total. The summed E-state index contributed by atoms with van der Waals surface area (Å²) in [6.07, 6.45) is 0. The summed E-state index contributed by atoms with van der Waals surface area (Å²) < 4.78 is 5.60. The first-order valence-corrected chi connectivity index (χ1v) is 6.37. The van der Waals surface area contributed by atoms with Crippen molar-refractivity contribution in [3.05, 3.63) is 45.9 Å². The van der Waals surface area contributed by atoms with Crippen molar-refractivity contribution in [3.63, 3.8) is 0 Å². The van der Waals surface area contributed by atoms with E-state index in [0.29, 0.717) is 11.6 Å². The van der Waals surface area contributed by atoms with Crippen molar-refractivity contribution >= 4 is 28.5 Å². The second-order valence-corrected chi connectivity index (χ2v) is 4.94. The topological polar surface area (TPSA) is 48.1 Å². The number of rotatable bonds is 4. The van der Waals surface area contributed by atoms with Crippen LogP contribution < -0.4 is 10.5 Å². The summed E-state index contributed by atoms with van der Waals surface area (Å²) in [5.74, 6) is 0.790. The van der Waals surface area contributed by atoms with E-state index in [0.717, 1.165) is 22.0 Å². The van der Waals surface area contributed by atoms with E-state index >= 15 is 0 Å². The zero-order valence-electron chi connectivity index (χ0n) is 9.34. The third-order valence-corrected chi connectivity index (χ3v) is 3.34. The number of aryl methyl sites for hydroxylation is 1. The summed E-state index contributed by atoms with van der Waals surface area (Å²) in [6, 6.07) is 7.42. The lowest BCUT2D eigenvalue weighted by Crippen LogP contribution is -2.08. The molecule has 0 radical (unpaired) electrons.